The van der Waals surface area contributed by atoms with Gasteiger partial charge in [0.05, 0.1) is 17.9 Å². The van der Waals surface area contributed by atoms with Crippen molar-refractivity contribution in [3.8, 4) is 0 Å². The van der Waals surface area contributed by atoms with Crippen LogP contribution in [0.3, 0.4) is 0 Å². The van der Waals surface area contributed by atoms with Crippen LogP contribution < -0.4 is 10.6 Å². The molecule has 1 aromatic carbocycles. The van der Waals surface area contributed by atoms with Crippen molar-refractivity contribution >= 4 is 27.5 Å². The van der Waals surface area contributed by atoms with Crippen molar-refractivity contribution in [3.63, 3.8) is 0 Å². The van der Waals surface area contributed by atoms with Crippen molar-refractivity contribution in [1.29, 1.82) is 0 Å². The van der Waals surface area contributed by atoms with E-state index >= 15 is 0 Å². The maximum absolute atomic E-state index is 11.8. The molecule has 0 fully saturated rings. The first kappa shape index (κ1) is 14.7. The molecule has 20 heavy (non-hydrogen) atoms. The molecule has 0 aliphatic carbocycles. The molecular weight excluding hydrogens is 318 g/mol. The number of rotatable bonds is 5. The van der Waals surface area contributed by atoms with Gasteiger partial charge in [0.2, 0.25) is 5.91 Å². The summed E-state index contributed by atoms with van der Waals surface area (Å²) in [5.74, 6) is -0.0791. The van der Waals surface area contributed by atoms with Gasteiger partial charge in [-0.1, -0.05) is 18.2 Å². The zero-order valence-corrected chi connectivity index (χ0v) is 12.8. The molecule has 0 aliphatic rings. The van der Waals surface area contributed by atoms with Gasteiger partial charge >= 0.3 is 0 Å². The van der Waals surface area contributed by atoms with E-state index in [1.807, 2.05) is 49.4 Å². The molecular formula is C15H16BrN3O. The van der Waals surface area contributed by atoms with Crippen LogP contribution in [0.15, 0.2) is 46.9 Å². The summed E-state index contributed by atoms with van der Waals surface area (Å²) in [4.78, 5) is 16.2. The predicted octanol–water partition coefficient (Wildman–Crippen LogP) is 2.88. The van der Waals surface area contributed by atoms with E-state index in [-0.39, 0.29) is 12.5 Å². The van der Waals surface area contributed by atoms with E-state index in [9.17, 15) is 4.79 Å². The van der Waals surface area contributed by atoms with Crippen LogP contribution in [0.25, 0.3) is 0 Å². The van der Waals surface area contributed by atoms with Gasteiger partial charge in [-0.25, -0.2) is 0 Å². The van der Waals surface area contributed by atoms with Crippen LogP contribution in [-0.4, -0.2) is 17.4 Å². The highest BCUT2D eigenvalue weighted by Crippen LogP contribution is 2.20. The van der Waals surface area contributed by atoms with E-state index in [2.05, 4.69) is 31.5 Å². The largest absolute Gasteiger partial charge is 0.324 e. The lowest BCUT2D eigenvalue weighted by atomic mass is 10.3. The van der Waals surface area contributed by atoms with Gasteiger partial charge in [0.25, 0.3) is 0 Å². The number of hydrogen-bond donors (Lipinski definition) is 2. The van der Waals surface area contributed by atoms with Gasteiger partial charge in [0.1, 0.15) is 0 Å². The van der Waals surface area contributed by atoms with Crippen LogP contribution in [0.5, 0.6) is 0 Å². The number of para-hydroxylation sites is 1. The quantitative estimate of drug-likeness (QED) is 0.884. The summed E-state index contributed by atoms with van der Waals surface area (Å²) in [6.45, 7) is 2.77. The molecule has 0 saturated heterocycles. The summed E-state index contributed by atoms with van der Waals surface area (Å²) in [6.07, 6.45) is 0. The van der Waals surface area contributed by atoms with Crippen molar-refractivity contribution in [3.05, 3.63) is 58.3 Å². The lowest BCUT2D eigenvalue weighted by molar-refractivity contribution is -0.115. The minimum atomic E-state index is -0.0791. The summed E-state index contributed by atoms with van der Waals surface area (Å²) in [7, 11) is 0. The third-order valence-electron chi connectivity index (χ3n) is 2.69. The molecule has 1 amide bonds. The summed E-state index contributed by atoms with van der Waals surface area (Å²) in [5.41, 5.74) is 2.67. The van der Waals surface area contributed by atoms with Crippen molar-refractivity contribution in [2.75, 3.05) is 11.9 Å². The zero-order valence-electron chi connectivity index (χ0n) is 11.2. The number of benzene rings is 1. The number of carbonyl (C=O) groups excluding carboxylic acids is 1. The van der Waals surface area contributed by atoms with Crippen LogP contribution in [0.4, 0.5) is 5.69 Å². The summed E-state index contributed by atoms with van der Waals surface area (Å²) in [5, 5.41) is 5.92. The highest BCUT2D eigenvalue weighted by atomic mass is 79.9. The number of halogens is 1. The van der Waals surface area contributed by atoms with Crippen LogP contribution in [0, 0.1) is 6.92 Å². The first-order valence-corrected chi connectivity index (χ1v) is 7.12. The Kier molecular flexibility index (Phi) is 5.26. The Morgan fingerprint density at radius 1 is 1.20 bits per heavy atom. The van der Waals surface area contributed by atoms with Gasteiger partial charge < -0.3 is 10.6 Å². The second kappa shape index (κ2) is 7.17. The molecule has 0 aliphatic heterocycles. The number of anilines is 1. The molecule has 104 valence electrons. The highest BCUT2D eigenvalue weighted by molar-refractivity contribution is 9.10. The third-order valence-corrected chi connectivity index (χ3v) is 3.38. The van der Waals surface area contributed by atoms with Gasteiger partial charge in [0.15, 0.2) is 0 Å². The second-order valence-corrected chi connectivity index (χ2v) is 5.26. The molecule has 2 aromatic rings. The topological polar surface area (TPSA) is 54.0 Å². The number of pyridine rings is 1. The lowest BCUT2D eigenvalue weighted by Crippen LogP contribution is -2.28. The van der Waals surface area contributed by atoms with E-state index in [1.54, 1.807) is 0 Å². The molecule has 4 nitrogen and oxygen atoms in total. The Bertz CT molecular complexity index is 601. The SMILES string of the molecule is Cc1cccc(CNCC(=O)Nc2ccccc2Br)n1. The van der Waals surface area contributed by atoms with Gasteiger partial charge in [0, 0.05) is 16.7 Å². The number of hydrogen-bond acceptors (Lipinski definition) is 3. The fraction of sp³-hybridized carbons (Fsp3) is 0.200. The van der Waals surface area contributed by atoms with Crippen LogP contribution >= 0.6 is 15.9 Å². The summed E-state index contributed by atoms with van der Waals surface area (Å²) >= 11 is 3.39. The monoisotopic (exact) mass is 333 g/mol. The maximum atomic E-state index is 11.8. The van der Waals surface area contributed by atoms with E-state index in [0.717, 1.165) is 21.5 Å². The molecule has 2 N–H and O–H groups in total. The number of carbonyl (C=O) groups is 1. The Hall–Kier alpha value is -1.72. The third kappa shape index (κ3) is 4.43. The minimum Gasteiger partial charge on any atom is -0.324 e. The Labute approximate surface area is 126 Å². The first-order chi connectivity index (χ1) is 9.65. The Morgan fingerprint density at radius 3 is 2.75 bits per heavy atom. The molecule has 1 aromatic heterocycles. The van der Waals surface area contributed by atoms with Gasteiger partial charge in [-0.15, -0.1) is 0 Å². The van der Waals surface area contributed by atoms with Gasteiger partial charge in [-0.2, -0.15) is 0 Å². The molecule has 5 heteroatoms. The predicted molar refractivity (Wildman–Crippen MR) is 83.5 cm³/mol. The standard InChI is InChI=1S/C15H16BrN3O/c1-11-5-4-6-12(18-11)9-17-10-15(20)19-14-8-3-2-7-13(14)16/h2-8,17H,9-10H2,1H3,(H,19,20). The summed E-state index contributed by atoms with van der Waals surface area (Å²) < 4.78 is 0.869. The van der Waals surface area contributed by atoms with Crippen LogP contribution in [0.2, 0.25) is 0 Å². The van der Waals surface area contributed by atoms with E-state index in [4.69, 9.17) is 0 Å². The Balaban J connectivity index is 1.80. The zero-order chi connectivity index (χ0) is 14.4. The van der Waals surface area contributed by atoms with Crippen molar-refractivity contribution in [2.45, 2.75) is 13.5 Å². The molecule has 0 unspecified atom stereocenters. The maximum Gasteiger partial charge on any atom is 0.238 e. The van der Waals surface area contributed by atoms with E-state index < -0.39 is 0 Å². The number of aryl methyl sites for hydroxylation is 1. The number of nitrogens with zero attached hydrogens (tertiary/aromatic N) is 1. The van der Waals surface area contributed by atoms with Crippen LogP contribution in [-0.2, 0) is 11.3 Å². The summed E-state index contributed by atoms with van der Waals surface area (Å²) in [6, 6.07) is 13.4. The van der Waals surface area contributed by atoms with Gasteiger partial charge in [-0.05, 0) is 47.1 Å². The number of amides is 1. The van der Waals surface area contributed by atoms with E-state index in [0.29, 0.717) is 6.54 Å². The van der Waals surface area contributed by atoms with Gasteiger partial charge in [-0.3, -0.25) is 9.78 Å². The molecule has 1 heterocycles. The van der Waals surface area contributed by atoms with E-state index in [1.165, 1.54) is 0 Å². The normalized spacial score (nSPS) is 10.3. The molecule has 0 spiro atoms. The lowest BCUT2D eigenvalue weighted by Gasteiger charge is -2.08. The van der Waals surface area contributed by atoms with Crippen LogP contribution in [0.1, 0.15) is 11.4 Å². The number of aromatic nitrogens is 1. The Morgan fingerprint density at radius 2 is 2.00 bits per heavy atom. The molecule has 0 radical (unpaired) electrons. The van der Waals surface area contributed by atoms with Crippen molar-refractivity contribution in [1.82, 2.24) is 10.3 Å². The van der Waals surface area contributed by atoms with Crippen molar-refractivity contribution in [2.24, 2.45) is 0 Å². The second-order valence-electron chi connectivity index (χ2n) is 4.40. The number of nitrogens with one attached hydrogen (secondary N) is 2. The highest BCUT2D eigenvalue weighted by Gasteiger charge is 2.04. The molecule has 0 bridgehead atoms. The fourth-order valence-electron chi connectivity index (χ4n) is 1.76. The smallest absolute Gasteiger partial charge is 0.238 e. The average molecular weight is 334 g/mol. The van der Waals surface area contributed by atoms with Crippen molar-refractivity contribution < 1.29 is 4.79 Å². The minimum absolute atomic E-state index is 0.0791. The molecule has 0 atom stereocenters. The average Bonchev–Trinajstić information content (AvgIpc) is 2.41. The first-order valence-electron chi connectivity index (χ1n) is 6.33. The molecule has 2 rings (SSSR count). The fourth-order valence-corrected chi connectivity index (χ4v) is 2.14. The molecule has 0 saturated carbocycles.